The Labute approximate surface area is 217 Å². The number of nitrogens with one attached hydrogen (secondary N) is 1. The van der Waals surface area contributed by atoms with Crippen molar-refractivity contribution in [3.05, 3.63) is 60.2 Å². The van der Waals surface area contributed by atoms with E-state index in [0.717, 1.165) is 28.4 Å². The molecule has 0 radical (unpaired) electrons. The van der Waals surface area contributed by atoms with Gasteiger partial charge in [-0.1, -0.05) is 55.5 Å². The molecule has 4 rings (SSSR count). The van der Waals surface area contributed by atoms with Crippen LogP contribution in [0, 0.1) is 0 Å². The first-order valence-electron chi connectivity index (χ1n) is 12.7. The number of pyridine rings is 1. The lowest BCUT2D eigenvalue weighted by Gasteiger charge is -2.27. The third-order valence-electron chi connectivity index (χ3n) is 6.08. The van der Waals surface area contributed by atoms with E-state index in [1.54, 1.807) is 0 Å². The maximum absolute atomic E-state index is 12.4. The smallest absolute Gasteiger partial charge is 0.297 e. The molecule has 4 aromatic rings. The summed E-state index contributed by atoms with van der Waals surface area (Å²) in [4.78, 5) is 21.6. The van der Waals surface area contributed by atoms with Gasteiger partial charge in [0.05, 0.1) is 42.4 Å². The third kappa shape index (κ3) is 6.36. The van der Waals surface area contributed by atoms with E-state index < -0.39 is 11.6 Å². The van der Waals surface area contributed by atoms with Crippen LogP contribution in [0.25, 0.3) is 21.9 Å². The van der Waals surface area contributed by atoms with Gasteiger partial charge < -0.3 is 26.3 Å². The number of hydrogen-bond acceptors (Lipinski definition) is 7. The van der Waals surface area contributed by atoms with Gasteiger partial charge in [0, 0.05) is 11.9 Å². The van der Waals surface area contributed by atoms with E-state index in [0.29, 0.717) is 50.1 Å². The highest BCUT2D eigenvalue weighted by Gasteiger charge is 2.26. The van der Waals surface area contributed by atoms with Crippen LogP contribution < -0.4 is 21.5 Å². The van der Waals surface area contributed by atoms with Crippen molar-refractivity contribution in [2.75, 3.05) is 25.5 Å². The molecule has 2 aromatic heterocycles. The van der Waals surface area contributed by atoms with Gasteiger partial charge in [-0.3, -0.25) is 9.36 Å². The maximum Gasteiger partial charge on any atom is 0.297 e. The average Bonchev–Trinajstić information content (AvgIpc) is 3.24. The number of fused-ring (bicyclic) bond motifs is 3. The number of nitrogen functional groups attached to an aromatic ring is 1. The zero-order valence-corrected chi connectivity index (χ0v) is 21.7. The zero-order chi connectivity index (χ0) is 26.4. The Kier molecular flexibility index (Phi) is 8.25. The van der Waals surface area contributed by atoms with Crippen molar-refractivity contribution in [2.45, 2.75) is 51.8 Å². The van der Waals surface area contributed by atoms with Crippen molar-refractivity contribution in [3.63, 3.8) is 0 Å². The number of rotatable bonds is 12. The molecule has 0 saturated heterocycles. The van der Waals surface area contributed by atoms with E-state index in [1.165, 1.54) is 0 Å². The molecule has 0 aliphatic rings. The van der Waals surface area contributed by atoms with Gasteiger partial charge in [-0.15, -0.1) is 0 Å². The number of carbonyl (C=O) groups is 1. The van der Waals surface area contributed by atoms with E-state index >= 15 is 0 Å². The molecule has 1 atom stereocenters. The number of anilines is 1. The second-order valence-electron chi connectivity index (χ2n) is 9.74. The second kappa shape index (κ2) is 11.6. The molecular formula is C28H36N6O3. The van der Waals surface area contributed by atoms with Gasteiger partial charge in [-0.25, -0.2) is 4.98 Å². The minimum Gasteiger partial charge on any atom is -0.465 e. The van der Waals surface area contributed by atoms with Crippen LogP contribution in [0.5, 0.6) is 6.01 Å². The Hall–Kier alpha value is -3.69. The number of imidazole rings is 1. The molecule has 37 heavy (non-hydrogen) atoms. The second-order valence-corrected chi connectivity index (χ2v) is 9.74. The number of hydrogen-bond donors (Lipinski definition) is 3. The lowest BCUT2D eigenvalue weighted by Crippen LogP contribution is -2.44. The normalized spacial score (nSPS) is 12.6. The number of nitrogens with two attached hydrogens (primary N) is 2. The van der Waals surface area contributed by atoms with Gasteiger partial charge in [-0.05, 0) is 38.3 Å². The van der Waals surface area contributed by atoms with Crippen LogP contribution in [0.1, 0.15) is 32.8 Å². The molecule has 5 N–H and O–H groups in total. The van der Waals surface area contributed by atoms with Gasteiger partial charge in [0.1, 0.15) is 5.52 Å². The molecule has 0 aliphatic carbocycles. The minimum absolute atomic E-state index is 0.199. The Bertz CT molecular complexity index is 1350. The highest BCUT2D eigenvalue weighted by atomic mass is 16.5. The molecule has 1 unspecified atom stereocenters. The molecule has 1 amide bonds. The Morgan fingerprint density at radius 3 is 2.57 bits per heavy atom. The standard InChI is InChI=1S/C28H36N6O3/c1-4-15-36-27-33-23-24(20-12-8-9-13-22(20)32-25(23)30)34(27)18-28(2,3)37-16-14-31-26(35)21(29)17-19-10-6-5-7-11-19/h5-13,21H,4,14-18,29H2,1-3H3,(H2,30,32)(H,31,35). The van der Waals surface area contributed by atoms with Crippen molar-refractivity contribution in [1.29, 1.82) is 0 Å². The van der Waals surface area contributed by atoms with Crippen molar-refractivity contribution in [3.8, 4) is 6.01 Å². The summed E-state index contributed by atoms with van der Waals surface area (Å²) in [7, 11) is 0. The molecule has 0 aliphatic heterocycles. The molecular weight excluding hydrogens is 468 g/mol. The van der Waals surface area contributed by atoms with Crippen LogP contribution >= 0.6 is 0 Å². The van der Waals surface area contributed by atoms with E-state index in [2.05, 4.69) is 15.3 Å². The summed E-state index contributed by atoms with van der Waals surface area (Å²) >= 11 is 0. The van der Waals surface area contributed by atoms with Gasteiger partial charge in [0.2, 0.25) is 5.91 Å². The monoisotopic (exact) mass is 504 g/mol. The summed E-state index contributed by atoms with van der Waals surface area (Å²) in [5, 5.41) is 3.82. The van der Waals surface area contributed by atoms with Crippen molar-refractivity contribution >= 4 is 33.7 Å². The number of carbonyl (C=O) groups excluding carboxylic acids is 1. The lowest BCUT2D eigenvalue weighted by atomic mass is 10.1. The summed E-state index contributed by atoms with van der Waals surface area (Å²) < 4.78 is 14.2. The van der Waals surface area contributed by atoms with E-state index in [-0.39, 0.29) is 5.91 Å². The fraction of sp³-hybridized carbons (Fsp3) is 0.393. The first kappa shape index (κ1) is 26.4. The number of para-hydroxylation sites is 1. The van der Waals surface area contributed by atoms with Crippen LogP contribution in [0.2, 0.25) is 0 Å². The molecule has 0 fully saturated rings. The Morgan fingerprint density at radius 1 is 1.08 bits per heavy atom. The largest absolute Gasteiger partial charge is 0.465 e. The summed E-state index contributed by atoms with van der Waals surface area (Å²) in [6.07, 6.45) is 1.34. The Balaban J connectivity index is 1.44. The summed E-state index contributed by atoms with van der Waals surface area (Å²) in [6.45, 7) is 7.73. The van der Waals surface area contributed by atoms with Gasteiger partial charge in [0.25, 0.3) is 6.01 Å². The highest BCUT2D eigenvalue weighted by molar-refractivity contribution is 6.06. The van der Waals surface area contributed by atoms with E-state index in [1.807, 2.05) is 79.9 Å². The number of ether oxygens (including phenoxy) is 2. The van der Waals surface area contributed by atoms with E-state index in [9.17, 15) is 4.79 Å². The SMILES string of the molecule is CCCOc1nc2c(N)nc3ccccc3c2n1CC(C)(C)OCCNC(=O)C(N)Cc1ccccc1. The van der Waals surface area contributed by atoms with Crippen LogP contribution in [0.3, 0.4) is 0 Å². The van der Waals surface area contributed by atoms with Crippen LogP contribution in [-0.4, -0.2) is 51.8 Å². The summed E-state index contributed by atoms with van der Waals surface area (Å²) in [6, 6.07) is 17.4. The van der Waals surface area contributed by atoms with Crippen molar-refractivity contribution < 1.29 is 14.3 Å². The number of amides is 1. The van der Waals surface area contributed by atoms with Crippen LogP contribution in [0.15, 0.2) is 54.6 Å². The fourth-order valence-corrected chi connectivity index (χ4v) is 4.31. The first-order valence-corrected chi connectivity index (χ1v) is 12.7. The first-order chi connectivity index (χ1) is 17.8. The molecule has 2 aromatic carbocycles. The van der Waals surface area contributed by atoms with Crippen molar-refractivity contribution in [2.24, 2.45) is 5.73 Å². The van der Waals surface area contributed by atoms with E-state index in [4.69, 9.17) is 20.9 Å². The highest BCUT2D eigenvalue weighted by Crippen LogP contribution is 2.33. The van der Waals surface area contributed by atoms with Gasteiger partial charge >= 0.3 is 0 Å². The molecule has 0 bridgehead atoms. The maximum atomic E-state index is 12.4. The molecule has 196 valence electrons. The zero-order valence-electron chi connectivity index (χ0n) is 21.7. The predicted molar refractivity (Wildman–Crippen MR) is 146 cm³/mol. The predicted octanol–water partition coefficient (Wildman–Crippen LogP) is 3.44. The summed E-state index contributed by atoms with van der Waals surface area (Å²) in [5.74, 6) is 0.164. The van der Waals surface area contributed by atoms with Crippen molar-refractivity contribution in [1.82, 2.24) is 19.9 Å². The minimum atomic E-state index is -0.613. The number of benzene rings is 2. The topological polar surface area (TPSA) is 130 Å². The number of aromatic nitrogens is 3. The lowest BCUT2D eigenvalue weighted by molar-refractivity contribution is -0.123. The molecule has 9 nitrogen and oxygen atoms in total. The molecule has 0 saturated carbocycles. The van der Waals surface area contributed by atoms with Crippen LogP contribution in [0.4, 0.5) is 5.82 Å². The quantitative estimate of drug-likeness (QED) is 0.252. The average molecular weight is 505 g/mol. The number of nitrogens with zero attached hydrogens (tertiary/aromatic N) is 3. The molecule has 2 heterocycles. The molecule has 0 spiro atoms. The van der Waals surface area contributed by atoms with Gasteiger partial charge in [-0.2, -0.15) is 4.98 Å². The molecule has 9 heteroatoms. The fourth-order valence-electron chi connectivity index (χ4n) is 4.31. The van der Waals surface area contributed by atoms with Crippen LogP contribution in [-0.2, 0) is 22.5 Å². The third-order valence-corrected chi connectivity index (χ3v) is 6.08. The Morgan fingerprint density at radius 2 is 1.81 bits per heavy atom. The summed E-state index contributed by atoms with van der Waals surface area (Å²) in [5.41, 5.74) is 15.1. The van der Waals surface area contributed by atoms with Gasteiger partial charge in [0.15, 0.2) is 5.82 Å².